The summed E-state index contributed by atoms with van der Waals surface area (Å²) in [5.74, 6) is -1.97. The Balaban J connectivity index is 1.74. The predicted molar refractivity (Wildman–Crippen MR) is 155 cm³/mol. The van der Waals surface area contributed by atoms with Gasteiger partial charge < -0.3 is 30.5 Å². The highest BCUT2D eigenvalue weighted by atomic mass is 32.2. The lowest BCUT2D eigenvalue weighted by atomic mass is 9.97. The standard InChI is InChI=1S/C28H42N4O10S/c1-16(2)14-19(24(34)30-20(25(35)43(38,39)40)15-17-10-12-29-23(17)33)31-26(36)41-22-11-13-32(27(37)42-28(3,4)5)21-9-7-6-8-18(21)22/h6-9,16-17,19-20,22,25,35H,10-15H2,1-5H3,(H,29,33)(H,30,34)(H,31,36)(H,38,39,40)/t17-,19-,20-,22?,25?/m0/s1. The number of rotatable bonds is 10. The quantitative estimate of drug-likeness (QED) is 0.240. The van der Waals surface area contributed by atoms with E-state index in [0.29, 0.717) is 24.2 Å². The van der Waals surface area contributed by atoms with E-state index in [4.69, 9.17) is 9.47 Å². The number of carbonyl (C=O) groups is 4. The summed E-state index contributed by atoms with van der Waals surface area (Å²) in [6.07, 6.45) is -1.69. The number of nitrogens with zero attached hydrogens (tertiary/aromatic N) is 1. The lowest BCUT2D eigenvalue weighted by Crippen LogP contribution is -2.55. The number of hydrogen-bond donors (Lipinski definition) is 5. The molecule has 0 bridgehead atoms. The van der Waals surface area contributed by atoms with Gasteiger partial charge in [-0.05, 0) is 52.0 Å². The van der Waals surface area contributed by atoms with Gasteiger partial charge in [-0.25, -0.2) is 9.59 Å². The topological polar surface area (TPSA) is 201 Å². The molecule has 0 saturated carbocycles. The number of nitrogens with one attached hydrogen (secondary N) is 3. The molecule has 43 heavy (non-hydrogen) atoms. The van der Waals surface area contributed by atoms with E-state index in [2.05, 4.69) is 16.0 Å². The fraction of sp³-hybridized carbons (Fsp3) is 0.643. The van der Waals surface area contributed by atoms with Gasteiger partial charge in [-0.15, -0.1) is 0 Å². The zero-order valence-electron chi connectivity index (χ0n) is 25.0. The van der Waals surface area contributed by atoms with Gasteiger partial charge in [-0.1, -0.05) is 32.0 Å². The number of benzene rings is 1. The maximum atomic E-state index is 13.3. The molecule has 2 aliphatic heterocycles. The molecule has 0 aliphatic carbocycles. The monoisotopic (exact) mass is 626 g/mol. The Hall–Kier alpha value is -3.43. The van der Waals surface area contributed by atoms with Gasteiger partial charge in [0.15, 0.2) is 0 Å². The Kier molecular flexibility index (Phi) is 11.0. The fourth-order valence-corrected chi connectivity index (χ4v) is 5.67. The first kappa shape index (κ1) is 34.1. The number of amides is 4. The third-order valence-electron chi connectivity index (χ3n) is 7.05. The van der Waals surface area contributed by atoms with Crippen LogP contribution in [-0.4, -0.2) is 78.3 Å². The number of anilines is 1. The minimum atomic E-state index is -4.99. The van der Waals surface area contributed by atoms with Gasteiger partial charge in [0, 0.05) is 31.0 Å². The summed E-state index contributed by atoms with van der Waals surface area (Å²) in [5, 5.41) is 17.8. The highest BCUT2D eigenvalue weighted by molar-refractivity contribution is 7.86. The molecule has 0 aromatic heterocycles. The molecule has 15 heteroatoms. The van der Waals surface area contributed by atoms with Gasteiger partial charge in [-0.2, -0.15) is 8.42 Å². The summed E-state index contributed by atoms with van der Waals surface area (Å²) in [7, 11) is -4.99. The largest absolute Gasteiger partial charge is 0.443 e. The average molecular weight is 627 g/mol. The van der Waals surface area contributed by atoms with Crippen molar-refractivity contribution in [2.24, 2.45) is 11.8 Å². The van der Waals surface area contributed by atoms with Crippen LogP contribution in [0.1, 0.15) is 72.0 Å². The van der Waals surface area contributed by atoms with Crippen molar-refractivity contribution in [3.63, 3.8) is 0 Å². The van der Waals surface area contributed by atoms with Crippen molar-refractivity contribution >= 4 is 39.8 Å². The van der Waals surface area contributed by atoms with Crippen molar-refractivity contribution in [3.05, 3.63) is 29.8 Å². The van der Waals surface area contributed by atoms with Crippen LogP contribution in [0.3, 0.4) is 0 Å². The van der Waals surface area contributed by atoms with Gasteiger partial charge in [0.1, 0.15) is 17.7 Å². The van der Waals surface area contributed by atoms with Crippen LogP contribution in [0.5, 0.6) is 0 Å². The Morgan fingerprint density at radius 2 is 1.81 bits per heavy atom. The number of ether oxygens (including phenoxy) is 2. The summed E-state index contributed by atoms with van der Waals surface area (Å²) in [6.45, 7) is 9.47. The number of hydrogen-bond acceptors (Lipinski definition) is 9. The molecule has 240 valence electrons. The van der Waals surface area contributed by atoms with Gasteiger partial charge in [-0.3, -0.25) is 19.0 Å². The third-order valence-corrected chi connectivity index (χ3v) is 7.99. The molecular formula is C28H42N4O10S. The molecule has 5 atom stereocenters. The van der Waals surface area contributed by atoms with Crippen molar-refractivity contribution in [1.82, 2.24) is 16.0 Å². The van der Waals surface area contributed by atoms with E-state index < -0.39 is 63.4 Å². The van der Waals surface area contributed by atoms with Crippen molar-refractivity contribution < 1.29 is 46.7 Å². The predicted octanol–water partition coefficient (Wildman–Crippen LogP) is 2.23. The van der Waals surface area contributed by atoms with Gasteiger partial charge in [0.25, 0.3) is 10.1 Å². The second-order valence-electron chi connectivity index (χ2n) is 12.2. The Bertz CT molecular complexity index is 1300. The van der Waals surface area contributed by atoms with Crippen LogP contribution in [0.15, 0.2) is 24.3 Å². The number of para-hydroxylation sites is 1. The second kappa shape index (κ2) is 13.9. The number of aliphatic hydroxyl groups is 1. The molecule has 0 radical (unpaired) electrons. The molecule has 1 aromatic carbocycles. The average Bonchev–Trinajstić information content (AvgIpc) is 3.29. The molecular weight excluding hydrogens is 584 g/mol. The zero-order valence-corrected chi connectivity index (χ0v) is 25.8. The molecule has 4 amide bonds. The molecule has 1 fully saturated rings. The van der Waals surface area contributed by atoms with E-state index in [-0.39, 0.29) is 37.6 Å². The molecule has 14 nitrogen and oxygen atoms in total. The van der Waals surface area contributed by atoms with Crippen LogP contribution in [0.2, 0.25) is 0 Å². The summed E-state index contributed by atoms with van der Waals surface area (Å²) in [4.78, 5) is 52.7. The Labute approximate surface area is 251 Å². The van der Waals surface area contributed by atoms with Crippen LogP contribution in [-0.2, 0) is 29.2 Å². The number of carbonyl (C=O) groups excluding carboxylic acids is 4. The summed E-state index contributed by atoms with van der Waals surface area (Å²) in [6, 6.07) is 4.21. The molecule has 2 unspecified atom stereocenters. The first-order valence-electron chi connectivity index (χ1n) is 14.2. The summed E-state index contributed by atoms with van der Waals surface area (Å²) >= 11 is 0. The van der Waals surface area contributed by atoms with Gasteiger partial charge >= 0.3 is 12.2 Å². The molecule has 2 heterocycles. The maximum Gasteiger partial charge on any atom is 0.414 e. The Morgan fingerprint density at radius 3 is 2.40 bits per heavy atom. The summed E-state index contributed by atoms with van der Waals surface area (Å²) < 4.78 is 44.1. The highest BCUT2D eigenvalue weighted by Crippen LogP contribution is 2.36. The zero-order chi connectivity index (χ0) is 32.1. The molecule has 0 spiro atoms. The minimum absolute atomic E-state index is 0.0978. The van der Waals surface area contributed by atoms with Crippen LogP contribution >= 0.6 is 0 Å². The van der Waals surface area contributed by atoms with E-state index in [0.717, 1.165) is 0 Å². The van der Waals surface area contributed by atoms with Gasteiger partial charge in [0.2, 0.25) is 17.3 Å². The summed E-state index contributed by atoms with van der Waals surface area (Å²) in [5.41, 5.74) is -1.99. The molecule has 3 rings (SSSR count). The van der Waals surface area contributed by atoms with Crippen molar-refractivity contribution in [3.8, 4) is 0 Å². The van der Waals surface area contributed by atoms with Gasteiger partial charge in [0.05, 0.1) is 11.7 Å². The minimum Gasteiger partial charge on any atom is -0.443 e. The van der Waals surface area contributed by atoms with Crippen LogP contribution in [0, 0.1) is 11.8 Å². The highest BCUT2D eigenvalue weighted by Gasteiger charge is 2.38. The van der Waals surface area contributed by atoms with Crippen molar-refractivity contribution in [1.29, 1.82) is 0 Å². The number of aliphatic hydroxyl groups excluding tert-OH is 1. The van der Waals surface area contributed by atoms with E-state index in [1.807, 2.05) is 13.8 Å². The van der Waals surface area contributed by atoms with Crippen molar-refractivity contribution in [2.75, 3.05) is 18.0 Å². The van der Waals surface area contributed by atoms with Crippen LogP contribution in [0.25, 0.3) is 0 Å². The van der Waals surface area contributed by atoms with E-state index in [1.165, 1.54) is 4.90 Å². The number of alkyl carbamates (subject to hydrolysis) is 1. The van der Waals surface area contributed by atoms with Crippen molar-refractivity contribution in [2.45, 2.75) is 89.5 Å². The van der Waals surface area contributed by atoms with Crippen LogP contribution in [0.4, 0.5) is 15.3 Å². The fourth-order valence-electron chi connectivity index (χ4n) is 5.08. The second-order valence-corrected chi connectivity index (χ2v) is 13.7. The third kappa shape index (κ3) is 9.53. The Morgan fingerprint density at radius 1 is 1.14 bits per heavy atom. The maximum absolute atomic E-state index is 13.3. The molecule has 2 aliphatic rings. The van der Waals surface area contributed by atoms with E-state index >= 15 is 0 Å². The SMILES string of the molecule is CC(C)C[C@H](NC(=O)OC1CCN(C(=O)OC(C)(C)C)c2ccccc21)C(=O)N[C@@H](C[C@@H]1CCNC1=O)C(O)S(=O)(=O)O. The van der Waals surface area contributed by atoms with Crippen LogP contribution < -0.4 is 20.9 Å². The lowest BCUT2D eigenvalue weighted by Gasteiger charge is -2.35. The lowest BCUT2D eigenvalue weighted by molar-refractivity contribution is -0.126. The number of fused-ring (bicyclic) bond motifs is 1. The first-order valence-corrected chi connectivity index (χ1v) is 15.8. The van der Waals surface area contributed by atoms with E-state index in [9.17, 15) is 37.3 Å². The smallest absolute Gasteiger partial charge is 0.414 e. The first-order chi connectivity index (χ1) is 20.0. The molecule has 1 saturated heterocycles. The van der Waals surface area contributed by atoms with E-state index in [1.54, 1.807) is 45.0 Å². The molecule has 1 aromatic rings. The molecule has 5 N–H and O–H groups in total. The normalized spacial score (nSPS) is 20.8.